The first-order valence-electron chi connectivity index (χ1n) is 5.04. The fraction of sp³-hybridized carbons (Fsp3) is 0.273. The van der Waals surface area contributed by atoms with E-state index in [4.69, 9.17) is 15.1 Å². The van der Waals surface area contributed by atoms with Gasteiger partial charge in [-0.2, -0.15) is 5.48 Å². The number of aromatic carboxylic acids is 1. The van der Waals surface area contributed by atoms with E-state index >= 15 is 0 Å². The number of carbonyl (C=O) groups is 2. The van der Waals surface area contributed by atoms with Gasteiger partial charge in [0.15, 0.2) is 0 Å². The number of hydrogen-bond donors (Lipinski definition) is 3. The molecule has 17 heavy (non-hydrogen) atoms. The number of benzene rings is 1. The fourth-order valence-corrected chi connectivity index (χ4v) is 1.11. The van der Waals surface area contributed by atoms with Gasteiger partial charge in [0.2, 0.25) is 0 Å². The Hall–Kier alpha value is -2.08. The summed E-state index contributed by atoms with van der Waals surface area (Å²) in [5.41, 5.74) is 2.78. The van der Waals surface area contributed by atoms with Crippen LogP contribution in [0.3, 0.4) is 0 Å². The van der Waals surface area contributed by atoms with Crippen LogP contribution in [0, 0.1) is 0 Å². The average molecular weight is 239 g/mol. The zero-order valence-corrected chi connectivity index (χ0v) is 9.05. The van der Waals surface area contributed by atoms with Crippen molar-refractivity contribution < 1.29 is 24.6 Å². The molecule has 0 spiro atoms. The summed E-state index contributed by atoms with van der Waals surface area (Å²) in [5, 5.41) is 17.0. The Labute approximate surface area is 97.8 Å². The van der Waals surface area contributed by atoms with Crippen LogP contribution in [0.2, 0.25) is 0 Å². The molecule has 0 saturated heterocycles. The molecule has 1 aromatic rings. The average Bonchev–Trinajstić information content (AvgIpc) is 2.29. The van der Waals surface area contributed by atoms with Crippen LogP contribution in [-0.4, -0.2) is 28.7 Å². The van der Waals surface area contributed by atoms with Gasteiger partial charge in [0.1, 0.15) is 5.75 Å². The quantitative estimate of drug-likeness (QED) is 0.487. The molecular formula is C11H13NO5. The highest BCUT2D eigenvalue weighted by Crippen LogP contribution is 2.10. The van der Waals surface area contributed by atoms with Crippen molar-refractivity contribution in [2.75, 3.05) is 6.54 Å². The smallest absolute Gasteiger partial charge is 0.335 e. The van der Waals surface area contributed by atoms with Gasteiger partial charge in [-0.05, 0) is 30.7 Å². The Morgan fingerprint density at radius 2 is 1.82 bits per heavy atom. The first kappa shape index (κ1) is 13.0. The molecular weight excluding hydrogens is 226 g/mol. The van der Waals surface area contributed by atoms with Crippen LogP contribution < -0.4 is 10.3 Å². The summed E-state index contributed by atoms with van der Waals surface area (Å²) in [5.74, 6) is -1.37. The second-order valence-electron chi connectivity index (χ2n) is 3.32. The van der Waals surface area contributed by atoms with E-state index in [1.165, 1.54) is 24.3 Å². The molecule has 1 rings (SSSR count). The van der Waals surface area contributed by atoms with E-state index < -0.39 is 11.9 Å². The number of nitrogens with one attached hydrogen (secondary N) is 1. The zero-order chi connectivity index (χ0) is 12.7. The maximum absolute atomic E-state index is 10.6. The van der Waals surface area contributed by atoms with Crippen molar-refractivity contribution >= 4 is 11.9 Å². The molecule has 0 fully saturated rings. The molecule has 0 radical (unpaired) electrons. The van der Waals surface area contributed by atoms with E-state index in [1.54, 1.807) is 0 Å². The summed E-state index contributed by atoms with van der Waals surface area (Å²) in [7, 11) is 0. The largest absolute Gasteiger partial charge is 0.481 e. The highest BCUT2D eigenvalue weighted by atomic mass is 16.6. The molecule has 0 aromatic heterocycles. The SMILES string of the molecule is O=C(O)CCCNOc1ccc(C(=O)O)cc1. The molecule has 1 aromatic carbocycles. The molecule has 0 heterocycles. The number of hydrogen-bond acceptors (Lipinski definition) is 4. The van der Waals surface area contributed by atoms with Gasteiger partial charge in [0.05, 0.1) is 5.56 Å². The van der Waals surface area contributed by atoms with E-state index in [2.05, 4.69) is 5.48 Å². The van der Waals surface area contributed by atoms with E-state index in [0.717, 1.165) is 0 Å². The first-order chi connectivity index (χ1) is 8.09. The van der Waals surface area contributed by atoms with Gasteiger partial charge in [-0.1, -0.05) is 0 Å². The summed E-state index contributed by atoms with van der Waals surface area (Å²) >= 11 is 0. The van der Waals surface area contributed by atoms with Gasteiger partial charge < -0.3 is 15.1 Å². The second kappa shape index (κ2) is 6.49. The normalized spacial score (nSPS) is 9.88. The lowest BCUT2D eigenvalue weighted by atomic mass is 10.2. The summed E-state index contributed by atoms with van der Waals surface area (Å²) in [6, 6.07) is 5.90. The molecule has 0 aliphatic carbocycles. The van der Waals surface area contributed by atoms with Crippen LogP contribution >= 0.6 is 0 Å². The van der Waals surface area contributed by atoms with Crippen LogP contribution in [0.1, 0.15) is 23.2 Å². The Balaban J connectivity index is 2.27. The van der Waals surface area contributed by atoms with Gasteiger partial charge in [-0.3, -0.25) is 4.79 Å². The van der Waals surface area contributed by atoms with Crippen LogP contribution in [0.4, 0.5) is 0 Å². The molecule has 6 heteroatoms. The molecule has 6 nitrogen and oxygen atoms in total. The Kier molecular flexibility index (Phi) is 4.96. The standard InChI is InChI=1S/C11H13NO5/c13-10(14)2-1-7-12-17-9-5-3-8(4-6-9)11(15)16/h3-6,12H,1-2,7H2,(H,13,14)(H,15,16). The zero-order valence-electron chi connectivity index (χ0n) is 9.05. The van der Waals surface area contributed by atoms with Gasteiger partial charge in [-0.25, -0.2) is 4.79 Å². The van der Waals surface area contributed by atoms with Gasteiger partial charge in [0, 0.05) is 13.0 Å². The molecule has 0 amide bonds. The monoisotopic (exact) mass is 239 g/mol. The van der Waals surface area contributed by atoms with Gasteiger partial charge in [-0.15, -0.1) is 0 Å². The summed E-state index contributed by atoms with van der Waals surface area (Å²) in [4.78, 5) is 25.9. The van der Waals surface area contributed by atoms with Gasteiger partial charge >= 0.3 is 11.9 Å². The molecule has 92 valence electrons. The van der Waals surface area contributed by atoms with Crippen molar-refractivity contribution in [3.63, 3.8) is 0 Å². The Morgan fingerprint density at radius 1 is 1.18 bits per heavy atom. The molecule has 0 aliphatic heterocycles. The number of carboxylic acid groups (broad SMARTS) is 2. The van der Waals surface area contributed by atoms with Crippen molar-refractivity contribution in [2.24, 2.45) is 0 Å². The predicted octanol–water partition coefficient (Wildman–Crippen LogP) is 1.13. The van der Waals surface area contributed by atoms with Crippen LogP contribution in [0.5, 0.6) is 5.75 Å². The van der Waals surface area contributed by atoms with Crippen LogP contribution in [0.15, 0.2) is 24.3 Å². The van der Waals surface area contributed by atoms with Crippen molar-refractivity contribution in [2.45, 2.75) is 12.8 Å². The van der Waals surface area contributed by atoms with E-state index in [1.807, 2.05) is 0 Å². The topological polar surface area (TPSA) is 95.9 Å². The maximum atomic E-state index is 10.6. The number of aliphatic carboxylic acids is 1. The third-order valence-corrected chi connectivity index (χ3v) is 1.96. The number of rotatable bonds is 7. The highest BCUT2D eigenvalue weighted by molar-refractivity contribution is 5.87. The van der Waals surface area contributed by atoms with Gasteiger partial charge in [0.25, 0.3) is 0 Å². The lowest BCUT2D eigenvalue weighted by Gasteiger charge is -2.06. The number of hydroxylamine groups is 1. The van der Waals surface area contributed by atoms with Crippen molar-refractivity contribution in [1.82, 2.24) is 5.48 Å². The first-order valence-corrected chi connectivity index (χ1v) is 5.04. The lowest BCUT2D eigenvalue weighted by Crippen LogP contribution is -2.20. The minimum absolute atomic E-state index is 0.0777. The molecule has 0 bridgehead atoms. The van der Waals surface area contributed by atoms with E-state index in [9.17, 15) is 9.59 Å². The summed E-state index contributed by atoms with van der Waals surface area (Å²) < 4.78 is 0. The lowest BCUT2D eigenvalue weighted by molar-refractivity contribution is -0.137. The molecule has 0 aliphatic rings. The van der Waals surface area contributed by atoms with Crippen molar-refractivity contribution in [1.29, 1.82) is 0 Å². The van der Waals surface area contributed by atoms with Crippen LogP contribution in [-0.2, 0) is 4.79 Å². The minimum atomic E-state index is -0.994. The third-order valence-electron chi connectivity index (χ3n) is 1.96. The van der Waals surface area contributed by atoms with E-state index in [-0.39, 0.29) is 12.0 Å². The Bertz CT molecular complexity index is 387. The minimum Gasteiger partial charge on any atom is -0.481 e. The third kappa shape index (κ3) is 4.98. The van der Waals surface area contributed by atoms with Crippen molar-refractivity contribution in [3.8, 4) is 5.75 Å². The highest BCUT2D eigenvalue weighted by Gasteiger charge is 2.02. The predicted molar refractivity (Wildman–Crippen MR) is 58.9 cm³/mol. The van der Waals surface area contributed by atoms with E-state index in [0.29, 0.717) is 18.7 Å². The second-order valence-corrected chi connectivity index (χ2v) is 3.32. The van der Waals surface area contributed by atoms with Crippen molar-refractivity contribution in [3.05, 3.63) is 29.8 Å². The Morgan fingerprint density at radius 3 is 2.35 bits per heavy atom. The summed E-state index contributed by atoms with van der Waals surface area (Å²) in [6.45, 7) is 0.410. The molecule has 0 saturated carbocycles. The number of carboxylic acids is 2. The maximum Gasteiger partial charge on any atom is 0.335 e. The molecule has 3 N–H and O–H groups in total. The molecule has 0 unspecified atom stereocenters. The summed E-state index contributed by atoms with van der Waals surface area (Å²) in [6.07, 6.45) is 0.539. The fourth-order valence-electron chi connectivity index (χ4n) is 1.11. The molecule has 0 atom stereocenters. The van der Waals surface area contributed by atoms with Crippen LogP contribution in [0.25, 0.3) is 0 Å².